The monoisotopic (exact) mass is 270 g/mol. The number of carbonyl (C=O) groups excluding carboxylic acids is 5. The number of nitrogens with zero attached hydrogens (tertiary/aromatic N) is 2. The number of urea groups is 2. The molecular weight excluding hydrogens is 256 g/mol. The van der Waals surface area contributed by atoms with Crippen LogP contribution in [0.5, 0.6) is 0 Å². The van der Waals surface area contributed by atoms with Crippen molar-refractivity contribution < 1.29 is 24.0 Å². The third-order valence-corrected chi connectivity index (χ3v) is 2.34. The molecule has 1 aliphatic heterocycles. The molecule has 2 N–H and O–H groups in total. The number of nitrogens with one attached hydrogen (secondary N) is 2. The van der Waals surface area contributed by atoms with E-state index < -0.39 is 36.3 Å². The minimum Gasteiger partial charge on any atom is -0.338 e. The minimum atomic E-state index is -1.07. The largest absolute Gasteiger partial charge is 0.338 e. The highest BCUT2D eigenvalue weighted by Crippen LogP contribution is 2.10. The molecule has 9 nitrogen and oxygen atoms in total. The molecule has 0 aromatic carbocycles. The Balaban J connectivity index is 2.65. The predicted molar refractivity (Wildman–Crippen MR) is 61.7 cm³/mol. The molecule has 0 unspecified atom stereocenters. The number of amides is 7. The van der Waals surface area contributed by atoms with Crippen molar-refractivity contribution in [2.75, 3.05) is 19.6 Å². The fourth-order valence-corrected chi connectivity index (χ4v) is 1.48. The van der Waals surface area contributed by atoms with Crippen molar-refractivity contribution in [2.24, 2.45) is 0 Å². The number of hydrogen-bond acceptors (Lipinski definition) is 5. The molecule has 1 aliphatic rings. The van der Waals surface area contributed by atoms with Gasteiger partial charge in [0.25, 0.3) is 0 Å². The number of rotatable bonds is 4. The average molecular weight is 270 g/mol. The third-order valence-electron chi connectivity index (χ3n) is 2.34. The van der Waals surface area contributed by atoms with E-state index in [1.807, 2.05) is 5.32 Å². The molecule has 104 valence electrons. The van der Waals surface area contributed by atoms with Crippen LogP contribution in [0, 0.1) is 0 Å². The van der Waals surface area contributed by atoms with E-state index >= 15 is 0 Å². The lowest BCUT2D eigenvalue weighted by atomic mass is 10.5. The third kappa shape index (κ3) is 3.06. The van der Waals surface area contributed by atoms with Gasteiger partial charge in [0.15, 0.2) is 0 Å². The fourth-order valence-electron chi connectivity index (χ4n) is 1.48. The summed E-state index contributed by atoms with van der Waals surface area (Å²) >= 11 is 0. The van der Waals surface area contributed by atoms with E-state index in [-0.39, 0.29) is 6.54 Å². The van der Waals surface area contributed by atoms with Crippen LogP contribution in [0.4, 0.5) is 9.59 Å². The number of hydrogen-bond donors (Lipinski definition) is 2. The lowest BCUT2D eigenvalue weighted by Crippen LogP contribution is -2.46. The Morgan fingerprint density at radius 1 is 1.05 bits per heavy atom. The van der Waals surface area contributed by atoms with Crippen molar-refractivity contribution in [3.8, 4) is 0 Å². The molecule has 1 rings (SSSR count). The first-order chi connectivity index (χ1) is 8.92. The highest BCUT2D eigenvalue weighted by molar-refractivity contribution is 6.45. The standard InChI is InChI=1S/C10H14N4O5/c1-3-11-9(18)12-6(15)5-14-8(17)7(16)13(4-2)10(14)19/h3-5H2,1-2H3,(H2,11,12,15,18). The van der Waals surface area contributed by atoms with Crippen LogP contribution in [0.15, 0.2) is 0 Å². The second-order valence-electron chi connectivity index (χ2n) is 3.63. The van der Waals surface area contributed by atoms with Gasteiger partial charge >= 0.3 is 23.9 Å². The summed E-state index contributed by atoms with van der Waals surface area (Å²) in [4.78, 5) is 58.2. The van der Waals surface area contributed by atoms with Crippen LogP contribution in [-0.2, 0) is 14.4 Å². The molecular formula is C10H14N4O5. The Morgan fingerprint density at radius 2 is 1.63 bits per heavy atom. The molecule has 0 atom stereocenters. The Labute approximate surface area is 108 Å². The summed E-state index contributed by atoms with van der Waals surface area (Å²) in [7, 11) is 0. The van der Waals surface area contributed by atoms with Crippen molar-refractivity contribution in [3.05, 3.63) is 0 Å². The van der Waals surface area contributed by atoms with Gasteiger partial charge in [0.05, 0.1) is 0 Å². The highest BCUT2D eigenvalue weighted by Gasteiger charge is 2.44. The van der Waals surface area contributed by atoms with Gasteiger partial charge in [-0.1, -0.05) is 0 Å². The van der Waals surface area contributed by atoms with E-state index in [9.17, 15) is 24.0 Å². The first-order valence-electron chi connectivity index (χ1n) is 5.67. The molecule has 9 heteroatoms. The Bertz CT molecular complexity index is 447. The van der Waals surface area contributed by atoms with Gasteiger partial charge in [-0.3, -0.25) is 24.6 Å². The Morgan fingerprint density at radius 3 is 2.11 bits per heavy atom. The fraction of sp³-hybridized carbons (Fsp3) is 0.500. The maximum Gasteiger partial charge on any atom is 0.334 e. The van der Waals surface area contributed by atoms with E-state index in [0.717, 1.165) is 4.90 Å². The van der Waals surface area contributed by atoms with Gasteiger partial charge in [-0.15, -0.1) is 0 Å². The molecule has 0 radical (unpaired) electrons. The molecule has 1 heterocycles. The van der Waals surface area contributed by atoms with Crippen LogP contribution in [0.25, 0.3) is 0 Å². The van der Waals surface area contributed by atoms with Gasteiger partial charge in [-0.2, -0.15) is 0 Å². The zero-order chi connectivity index (χ0) is 14.6. The normalized spacial score (nSPS) is 14.9. The second kappa shape index (κ2) is 5.94. The summed E-state index contributed by atoms with van der Waals surface area (Å²) < 4.78 is 0. The van der Waals surface area contributed by atoms with Gasteiger partial charge < -0.3 is 5.32 Å². The summed E-state index contributed by atoms with van der Waals surface area (Å²) in [6, 6.07) is -1.59. The molecule has 0 aromatic rings. The van der Waals surface area contributed by atoms with E-state index in [4.69, 9.17) is 0 Å². The maximum absolute atomic E-state index is 11.6. The molecule has 19 heavy (non-hydrogen) atoms. The van der Waals surface area contributed by atoms with Crippen molar-refractivity contribution in [2.45, 2.75) is 13.8 Å². The van der Waals surface area contributed by atoms with E-state index in [2.05, 4.69) is 5.32 Å². The van der Waals surface area contributed by atoms with Crippen LogP contribution < -0.4 is 10.6 Å². The van der Waals surface area contributed by atoms with Crippen LogP contribution >= 0.6 is 0 Å². The van der Waals surface area contributed by atoms with E-state index in [1.54, 1.807) is 6.92 Å². The van der Waals surface area contributed by atoms with Crippen LogP contribution in [0.1, 0.15) is 13.8 Å². The number of imide groups is 3. The molecule has 0 bridgehead atoms. The summed E-state index contributed by atoms with van der Waals surface area (Å²) in [5.41, 5.74) is 0. The van der Waals surface area contributed by atoms with E-state index in [1.165, 1.54) is 6.92 Å². The SMILES string of the molecule is CCNC(=O)NC(=O)CN1C(=O)C(=O)N(CC)C1=O. The smallest absolute Gasteiger partial charge is 0.334 e. The summed E-state index contributed by atoms with van der Waals surface area (Å²) in [6.07, 6.45) is 0. The minimum absolute atomic E-state index is 0.0395. The van der Waals surface area contributed by atoms with Crippen molar-refractivity contribution >= 4 is 29.8 Å². The van der Waals surface area contributed by atoms with Crippen molar-refractivity contribution in [3.63, 3.8) is 0 Å². The second-order valence-corrected chi connectivity index (χ2v) is 3.63. The molecule has 0 aliphatic carbocycles. The van der Waals surface area contributed by atoms with Gasteiger partial charge in [0.2, 0.25) is 5.91 Å². The number of likely N-dealkylation sites (N-methyl/N-ethyl adjacent to an activating group) is 1. The molecule has 1 saturated heterocycles. The predicted octanol–water partition coefficient (Wildman–Crippen LogP) is -1.36. The van der Waals surface area contributed by atoms with Crippen LogP contribution in [0.3, 0.4) is 0 Å². The van der Waals surface area contributed by atoms with Gasteiger partial charge in [0.1, 0.15) is 6.54 Å². The lowest BCUT2D eigenvalue weighted by Gasteiger charge is -2.13. The molecule has 0 saturated carbocycles. The Kier molecular flexibility index (Phi) is 4.56. The highest BCUT2D eigenvalue weighted by atomic mass is 16.2. The first kappa shape index (κ1) is 14.6. The average Bonchev–Trinajstić information content (AvgIpc) is 2.53. The van der Waals surface area contributed by atoms with Crippen LogP contribution in [-0.4, -0.2) is 59.2 Å². The quantitative estimate of drug-likeness (QED) is 0.483. The van der Waals surface area contributed by atoms with Gasteiger partial charge in [-0.05, 0) is 13.8 Å². The first-order valence-corrected chi connectivity index (χ1v) is 5.67. The number of carbonyl (C=O) groups is 5. The van der Waals surface area contributed by atoms with Crippen molar-refractivity contribution in [1.29, 1.82) is 0 Å². The van der Waals surface area contributed by atoms with Gasteiger partial charge in [0, 0.05) is 13.1 Å². The zero-order valence-electron chi connectivity index (χ0n) is 10.6. The molecule has 0 spiro atoms. The van der Waals surface area contributed by atoms with Crippen LogP contribution in [0.2, 0.25) is 0 Å². The van der Waals surface area contributed by atoms with E-state index in [0.29, 0.717) is 11.4 Å². The summed E-state index contributed by atoms with van der Waals surface area (Å²) in [5, 5.41) is 4.25. The van der Waals surface area contributed by atoms with Gasteiger partial charge in [-0.25, -0.2) is 14.5 Å². The molecule has 7 amide bonds. The topological polar surface area (TPSA) is 116 Å². The Hall–Kier alpha value is -2.45. The molecule has 0 aromatic heterocycles. The lowest BCUT2D eigenvalue weighted by molar-refractivity contribution is -0.143. The molecule has 1 fully saturated rings. The van der Waals surface area contributed by atoms with Crippen molar-refractivity contribution in [1.82, 2.24) is 20.4 Å². The maximum atomic E-state index is 11.6. The zero-order valence-corrected chi connectivity index (χ0v) is 10.6. The summed E-state index contributed by atoms with van der Waals surface area (Å²) in [6.45, 7) is 2.88. The summed E-state index contributed by atoms with van der Waals surface area (Å²) in [5.74, 6) is -2.89.